The highest BCUT2D eigenvalue weighted by molar-refractivity contribution is 7.07. The molecule has 0 aliphatic heterocycles. The second-order valence-corrected chi connectivity index (χ2v) is 8.87. The number of nitrogens with zero attached hydrogens (tertiary/aromatic N) is 3. The van der Waals surface area contributed by atoms with Crippen molar-refractivity contribution in [3.63, 3.8) is 0 Å². The normalized spacial score (nSPS) is 12.9. The molecule has 4 aromatic rings. The van der Waals surface area contributed by atoms with E-state index in [1.807, 2.05) is 43.3 Å². The van der Waals surface area contributed by atoms with Gasteiger partial charge in [0.05, 0.1) is 21.2 Å². The molecule has 1 heterocycles. The standard InChI is InChI=1S/C27H20N4O4S/c1-18(20-10-4-2-5-11-20)29-25(32)23(17-28)27-30(21-12-6-3-7-13-21)26(33)24(36-27)16-19-9-8-14-22(15-19)31(34)35/h2-16,18H,1H3,(H,29,32). The minimum absolute atomic E-state index is 0.109. The Kier molecular flexibility index (Phi) is 7.18. The van der Waals surface area contributed by atoms with Crippen LogP contribution in [0.4, 0.5) is 5.69 Å². The first-order chi connectivity index (χ1) is 17.4. The lowest BCUT2D eigenvalue weighted by Gasteiger charge is -2.13. The highest BCUT2D eigenvalue weighted by atomic mass is 32.1. The lowest BCUT2D eigenvalue weighted by Crippen LogP contribution is -2.34. The first-order valence-electron chi connectivity index (χ1n) is 10.9. The molecule has 1 aromatic heterocycles. The van der Waals surface area contributed by atoms with Crippen LogP contribution in [0.1, 0.15) is 24.1 Å². The Balaban J connectivity index is 1.90. The molecule has 9 heteroatoms. The molecule has 1 N–H and O–H groups in total. The molecular weight excluding hydrogens is 476 g/mol. The van der Waals surface area contributed by atoms with Gasteiger partial charge < -0.3 is 5.32 Å². The van der Waals surface area contributed by atoms with Gasteiger partial charge in [0.1, 0.15) is 10.7 Å². The minimum atomic E-state index is -0.610. The Labute approximate surface area is 209 Å². The zero-order valence-corrected chi connectivity index (χ0v) is 19.9. The molecule has 1 unspecified atom stereocenters. The molecular formula is C27H20N4O4S. The van der Waals surface area contributed by atoms with E-state index in [2.05, 4.69) is 5.32 Å². The smallest absolute Gasteiger partial charge is 0.273 e. The highest BCUT2D eigenvalue weighted by Gasteiger charge is 2.19. The number of nitro benzene ring substituents is 1. The topological polar surface area (TPSA) is 118 Å². The fraction of sp³-hybridized carbons (Fsp3) is 0.0741. The number of para-hydroxylation sites is 1. The second kappa shape index (κ2) is 10.6. The minimum Gasteiger partial charge on any atom is -0.345 e. The molecule has 0 saturated heterocycles. The van der Waals surface area contributed by atoms with Crippen molar-refractivity contribution in [3.8, 4) is 11.8 Å². The highest BCUT2D eigenvalue weighted by Crippen LogP contribution is 2.14. The van der Waals surface area contributed by atoms with E-state index in [4.69, 9.17) is 0 Å². The Morgan fingerprint density at radius 2 is 1.75 bits per heavy atom. The molecule has 0 bridgehead atoms. The molecule has 0 radical (unpaired) electrons. The van der Waals surface area contributed by atoms with E-state index in [9.17, 15) is 25.0 Å². The van der Waals surface area contributed by atoms with Gasteiger partial charge in [-0.15, -0.1) is 11.3 Å². The van der Waals surface area contributed by atoms with Gasteiger partial charge in [0.2, 0.25) is 0 Å². The molecule has 0 saturated carbocycles. The van der Waals surface area contributed by atoms with Gasteiger partial charge in [-0.05, 0) is 36.3 Å². The molecule has 0 aliphatic carbocycles. The van der Waals surface area contributed by atoms with Crippen LogP contribution < -0.4 is 20.1 Å². The fourth-order valence-corrected chi connectivity index (χ4v) is 4.73. The number of thiazole rings is 1. The Morgan fingerprint density at radius 3 is 2.39 bits per heavy atom. The van der Waals surface area contributed by atoms with Crippen LogP contribution in [0.15, 0.2) is 89.7 Å². The Bertz CT molecular complexity index is 1650. The molecule has 0 fully saturated rings. The summed E-state index contributed by atoms with van der Waals surface area (Å²) in [4.78, 5) is 37.3. The maximum atomic E-state index is 13.5. The van der Waals surface area contributed by atoms with Gasteiger partial charge in [0, 0.05) is 12.1 Å². The summed E-state index contributed by atoms with van der Waals surface area (Å²) in [5.41, 5.74) is 1.06. The second-order valence-electron chi connectivity index (χ2n) is 7.84. The maximum absolute atomic E-state index is 13.5. The molecule has 0 aliphatic rings. The lowest BCUT2D eigenvalue weighted by atomic mass is 10.1. The van der Waals surface area contributed by atoms with Crippen LogP contribution in [0.5, 0.6) is 0 Å². The number of rotatable bonds is 6. The average Bonchev–Trinajstić information content (AvgIpc) is 3.20. The molecule has 4 rings (SSSR count). The van der Waals surface area contributed by atoms with Gasteiger partial charge in [-0.1, -0.05) is 60.7 Å². The Morgan fingerprint density at radius 1 is 1.08 bits per heavy atom. The molecule has 3 aromatic carbocycles. The van der Waals surface area contributed by atoms with Crippen LogP contribution in [0, 0.1) is 21.4 Å². The van der Waals surface area contributed by atoms with E-state index in [0.29, 0.717) is 11.3 Å². The summed E-state index contributed by atoms with van der Waals surface area (Å²) in [6.45, 7) is 1.81. The summed E-state index contributed by atoms with van der Waals surface area (Å²) in [5.74, 6) is -0.610. The number of nitro groups is 1. The molecule has 36 heavy (non-hydrogen) atoms. The predicted octanol–water partition coefficient (Wildman–Crippen LogP) is 3.19. The van der Waals surface area contributed by atoms with Gasteiger partial charge in [-0.25, -0.2) is 0 Å². The summed E-state index contributed by atoms with van der Waals surface area (Å²) in [7, 11) is 0. The van der Waals surface area contributed by atoms with E-state index in [1.54, 1.807) is 36.4 Å². The van der Waals surface area contributed by atoms with Crippen LogP contribution in [-0.4, -0.2) is 15.4 Å². The number of benzene rings is 3. The van der Waals surface area contributed by atoms with Crippen LogP contribution in [0.25, 0.3) is 17.3 Å². The van der Waals surface area contributed by atoms with Crippen LogP contribution in [0.3, 0.4) is 0 Å². The third kappa shape index (κ3) is 5.14. The number of hydrogen-bond donors (Lipinski definition) is 1. The summed E-state index contributed by atoms with van der Waals surface area (Å²) in [6.07, 6.45) is 1.52. The number of hydrogen-bond acceptors (Lipinski definition) is 6. The van der Waals surface area contributed by atoms with E-state index >= 15 is 0 Å². The number of amides is 1. The summed E-state index contributed by atoms with van der Waals surface area (Å²) < 4.78 is 1.72. The van der Waals surface area contributed by atoms with Gasteiger partial charge >= 0.3 is 0 Å². The van der Waals surface area contributed by atoms with Gasteiger partial charge in [-0.2, -0.15) is 5.26 Å². The zero-order chi connectivity index (χ0) is 25.7. The molecule has 178 valence electrons. The van der Waals surface area contributed by atoms with Crippen LogP contribution >= 0.6 is 11.3 Å². The van der Waals surface area contributed by atoms with Gasteiger partial charge in [0.25, 0.3) is 17.2 Å². The average molecular weight is 497 g/mol. The van der Waals surface area contributed by atoms with Crippen molar-refractivity contribution in [1.29, 1.82) is 5.26 Å². The molecule has 8 nitrogen and oxygen atoms in total. The van der Waals surface area contributed by atoms with Gasteiger partial charge in [-0.3, -0.25) is 24.3 Å². The fourth-order valence-electron chi connectivity index (χ4n) is 3.63. The Hall–Kier alpha value is -4.81. The molecule has 1 atom stereocenters. The molecule has 0 spiro atoms. The number of nitriles is 1. The largest absolute Gasteiger partial charge is 0.345 e. The van der Waals surface area contributed by atoms with Crippen LogP contribution in [-0.2, 0) is 4.79 Å². The van der Waals surface area contributed by atoms with Crippen molar-refractivity contribution in [2.75, 3.05) is 0 Å². The summed E-state index contributed by atoms with van der Waals surface area (Å²) in [5, 5.41) is 23.9. The van der Waals surface area contributed by atoms with Crippen molar-refractivity contribution < 1.29 is 9.72 Å². The molecule has 1 amide bonds. The van der Waals surface area contributed by atoms with Crippen molar-refractivity contribution in [2.24, 2.45) is 0 Å². The first kappa shape index (κ1) is 24.3. The number of nitrogens with one attached hydrogen (secondary N) is 1. The zero-order valence-electron chi connectivity index (χ0n) is 19.1. The monoisotopic (exact) mass is 496 g/mol. The summed E-state index contributed by atoms with van der Waals surface area (Å²) in [6, 6.07) is 25.5. The van der Waals surface area contributed by atoms with E-state index in [0.717, 1.165) is 16.9 Å². The number of carbonyl (C=O) groups is 1. The van der Waals surface area contributed by atoms with Crippen molar-refractivity contribution in [1.82, 2.24) is 9.88 Å². The number of non-ortho nitro benzene ring substituents is 1. The maximum Gasteiger partial charge on any atom is 0.273 e. The van der Waals surface area contributed by atoms with E-state index < -0.39 is 16.4 Å². The van der Waals surface area contributed by atoms with Crippen molar-refractivity contribution >= 4 is 34.6 Å². The van der Waals surface area contributed by atoms with Crippen molar-refractivity contribution in [3.05, 3.63) is 126 Å². The third-order valence-corrected chi connectivity index (χ3v) is 6.51. The SMILES string of the molecule is CC(NC(=O)C(C#N)=c1sc(=Cc2cccc([N+](=O)[O-])c2)c(=O)n1-c1ccccc1)c1ccccc1. The third-order valence-electron chi connectivity index (χ3n) is 5.42. The predicted molar refractivity (Wildman–Crippen MR) is 138 cm³/mol. The first-order valence-corrected chi connectivity index (χ1v) is 11.7. The van der Waals surface area contributed by atoms with Crippen LogP contribution in [0.2, 0.25) is 0 Å². The van der Waals surface area contributed by atoms with Gasteiger partial charge in [0.15, 0.2) is 5.57 Å². The lowest BCUT2D eigenvalue weighted by molar-refractivity contribution is -0.384. The number of carbonyl (C=O) groups excluding carboxylic acids is 1. The van der Waals surface area contributed by atoms with E-state index in [-0.39, 0.29) is 26.5 Å². The number of aromatic nitrogens is 1. The van der Waals surface area contributed by atoms with E-state index in [1.165, 1.54) is 28.8 Å². The van der Waals surface area contributed by atoms with Crippen molar-refractivity contribution in [2.45, 2.75) is 13.0 Å². The quantitative estimate of drug-likeness (QED) is 0.325. The summed E-state index contributed by atoms with van der Waals surface area (Å²) >= 11 is 0.979.